The minimum absolute atomic E-state index is 0.381. The Kier molecular flexibility index (Phi) is 3.76. The molecule has 2 aromatic rings. The number of rotatable bonds is 4. The van der Waals surface area contributed by atoms with E-state index < -0.39 is 0 Å². The SMILES string of the molecule is N#CC(NCc1ccc(Cl)cc1)c1cnc[nH]1. The summed E-state index contributed by atoms with van der Waals surface area (Å²) >= 11 is 5.80. The molecule has 0 aliphatic heterocycles. The predicted octanol–water partition coefficient (Wildman–Crippen LogP) is 2.42. The molecule has 4 nitrogen and oxygen atoms in total. The van der Waals surface area contributed by atoms with Crippen LogP contribution in [0.25, 0.3) is 0 Å². The van der Waals surface area contributed by atoms with Crippen LogP contribution in [0.5, 0.6) is 0 Å². The Balaban J connectivity index is 1.97. The van der Waals surface area contributed by atoms with Gasteiger partial charge in [-0.3, -0.25) is 5.32 Å². The minimum Gasteiger partial charge on any atom is -0.346 e. The predicted molar refractivity (Wildman–Crippen MR) is 65.2 cm³/mol. The number of aromatic amines is 1. The molecule has 0 spiro atoms. The lowest BCUT2D eigenvalue weighted by Crippen LogP contribution is -2.19. The number of nitrogens with one attached hydrogen (secondary N) is 2. The average molecular weight is 247 g/mol. The summed E-state index contributed by atoms with van der Waals surface area (Å²) in [6, 6.07) is 9.31. The van der Waals surface area contributed by atoms with Gasteiger partial charge in [0.15, 0.2) is 0 Å². The second-order valence-corrected chi connectivity index (χ2v) is 4.01. The molecule has 1 aromatic carbocycles. The number of benzene rings is 1. The zero-order valence-corrected chi connectivity index (χ0v) is 9.78. The fraction of sp³-hybridized carbons (Fsp3) is 0.167. The van der Waals surface area contributed by atoms with Crippen LogP contribution in [0.15, 0.2) is 36.8 Å². The van der Waals surface area contributed by atoms with Crippen molar-refractivity contribution in [3.05, 3.63) is 53.1 Å². The third kappa shape index (κ3) is 3.06. The van der Waals surface area contributed by atoms with Gasteiger partial charge < -0.3 is 4.98 Å². The molecule has 5 heteroatoms. The molecule has 0 aliphatic carbocycles. The molecule has 0 saturated carbocycles. The van der Waals surface area contributed by atoms with Crippen molar-refractivity contribution < 1.29 is 0 Å². The lowest BCUT2D eigenvalue weighted by Gasteiger charge is -2.09. The molecule has 1 unspecified atom stereocenters. The molecule has 0 bridgehead atoms. The first-order valence-electron chi connectivity index (χ1n) is 5.15. The Morgan fingerprint density at radius 2 is 2.18 bits per heavy atom. The number of hydrogen-bond donors (Lipinski definition) is 2. The fourth-order valence-electron chi connectivity index (χ4n) is 1.47. The van der Waals surface area contributed by atoms with E-state index in [9.17, 15) is 0 Å². The molecular weight excluding hydrogens is 236 g/mol. The molecule has 2 N–H and O–H groups in total. The van der Waals surface area contributed by atoms with Crippen molar-refractivity contribution >= 4 is 11.6 Å². The molecule has 1 heterocycles. The Hall–Kier alpha value is -1.83. The molecular formula is C12H11ClN4. The maximum atomic E-state index is 9.04. The molecule has 1 aromatic heterocycles. The van der Waals surface area contributed by atoms with E-state index in [1.165, 1.54) is 0 Å². The standard InChI is InChI=1S/C12H11ClN4/c13-10-3-1-9(2-4-10)6-16-11(5-14)12-7-15-8-17-12/h1-4,7-8,11,16H,6H2,(H,15,17). The summed E-state index contributed by atoms with van der Waals surface area (Å²) in [4.78, 5) is 6.81. The Morgan fingerprint density at radius 3 is 2.76 bits per heavy atom. The van der Waals surface area contributed by atoms with Gasteiger partial charge in [-0.1, -0.05) is 23.7 Å². The highest BCUT2D eigenvalue weighted by molar-refractivity contribution is 6.30. The van der Waals surface area contributed by atoms with E-state index in [1.54, 1.807) is 12.5 Å². The minimum atomic E-state index is -0.381. The lowest BCUT2D eigenvalue weighted by molar-refractivity contribution is 0.619. The van der Waals surface area contributed by atoms with Crippen LogP contribution in [0.1, 0.15) is 17.3 Å². The van der Waals surface area contributed by atoms with Gasteiger partial charge in [-0.15, -0.1) is 0 Å². The number of halogens is 1. The monoisotopic (exact) mass is 246 g/mol. The summed E-state index contributed by atoms with van der Waals surface area (Å²) in [5, 5.41) is 12.9. The van der Waals surface area contributed by atoms with E-state index in [4.69, 9.17) is 16.9 Å². The Morgan fingerprint density at radius 1 is 1.41 bits per heavy atom. The smallest absolute Gasteiger partial charge is 0.138 e. The maximum absolute atomic E-state index is 9.04. The normalized spacial score (nSPS) is 12.0. The van der Waals surface area contributed by atoms with Crippen molar-refractivity contribution in [1.82, 2.24) is 15.3 Å². The van der Waals surface area contributed by atoms with Crippen LogP contribution in [-0.2, 0) is 6.54 Å². The Bertz CT molecular complexity index is 498. The second-order valence-electron chi connectivity index (χ2n) is 3.58. The van der Waals surface area contributed by atoms with E-state index in [0.29, 0.717) is 11.6 Å². The summed E-state index contributed by atoms with van der Waals surface area (Å²) in [6.45, 7) is 0.606. The largest absolute Gasteiger partial charge is 0.346 e. The van der Waals surface area contributed by atoms with E-state index in [1.807, 2.05) is 24.3 Å². The van der Waals surface area contributed by atoms with Crippen LogP contribution in [0.2, 0.25) is 5.02 Å². The first-order valence-corrected chi connectivity index (χ1v) is 5.53. The van der Waals surface area contributed by atoms with Gasteiger partial charge in [-0.05, 0) is 17.7 Å². The zero-order chi connectivity index (χ0) is 12.1. The van der Waals surface area contributed by atoms with Gasteiger partial charge >= 0.3 is 0 Å². The summed E-state index contributed by atoms with van der Waals surface area (Å²) in [6.07, 6.45) is 3.20. The quantitative estimate of drug-likeness (QED) is 0.871. The summed E-state index contributed by atoms with van der Waals surface area (Å²) in [5.41, 5.74) is 1.84. The molecule has 2 rings (SSSR count). The van der Waals surface area contributed by atoms with Gasteiger partial charge in [0.1, 0.15) is 6.04 Å². The van der Waals surface area contributed by atoms with E-state index >= 15 is 0 Å². The van der Waals surface area contributed by atoms with E-state index in [2.05, 4.69) is 21.4 Å². The van der Waals surface area contributed by atoms with Crippen LogP contribution in [0.4, 0.5) is 0 Å². The van der Waals surface area contributed by atoms with Crippen molar-refractivity contribution in [1.29, 1.82) is 5.26 Å². The zero-order valence-electron chi connectivity index (χ0n) is 9.02. The molecule has 0 radical (unpaired) electrons. The molecule has 0 fully saturated rings. The number of imidazole rings is 1. The van der Waals surface area contributed by atoms with Crippen LogP contribution in [0, 0.1) is 11.3 Å². The van der Waals surface area contributed by atoms with Gasteiger partial charge in [0.25, 0.3) is 0 Å². The Labute approximate surface area is 104 Å². The number of nitrogens with zero attached hydrogens (tertiary/aromatic N) is 2. The molecule has 0 amide bonds. The van der Waals surface area contributed by atoms with Gasteiger partial charge in [-0.25, -0.2) is 4.98 Å². The average Bonchev–Trinajstić information content (AvgIpc) is 2.86. The highest BCUT2D eigenvalue weighted by Gasteiger charge is 2.10. The summed E-state index contributed by atoms with van der Waals surface area (Å²) in [7, 11) is 0. The lowest BCUT2D eigenvalue weighted by atomic mass is 10.2. The van der Waals surface area contributed by atoms with Crippen molar-refractivity contribution in [2.24, 2.45) is 0 Å². The maximum Gasteiger partial charge on any atom is 0.138 e. The van der Waals surface area contributed by atoms with Crippen molar-refractivity contribution in [3.63, 3.8) is 0 Å². The van der Waals surface area contributed by atoms with Crippen molar-refractivity contribution in [3.8, 4) is 6.07 Å². The number of H-pyrrole nitrogens is 1. The molecule has 1 atom stereocenters. The van der Waals surface area contributed by atoms with Gasteiger partial charge in [-0.2, -0.15) is 5.26 Å². The fourth-order valence-corrected chi connectivity index (χ4v) is 1.60. The second kappa shape index (κ2) is 5.48. The van der Waals surface area contributed by atoms with Crippen LogP contribution < -0.4 is 5.32 Å². The van der Waals surface area contributed by atoms with Gasteiger partial charge in [0.05, 0.1) is 24.3 Å². The highest BCUT2D eigenvalue weighted by Crippen LogP contribution is 2.12. The van der Waals surface area contributed by atoms with E-state index in [-0.39, 0.29) is 6.04 Å². The first-order chi connectivity index (χ1) is 8.29. The number of aromatic nitrogens is 2. The number of hydrogen-bond acceptors (Lipinski definition) is 3. The first kappa shape index (κ1) is 11.6. The van der Waals surface area contributed by atoms with Gasteiger partial charge in [0.2, 0.25) is 0 Å². The van der Waals surface area contributed by atoms with Crippen LogP contribution in [-0.4, -0.2) is 9.97 Å². The molecule has 0 saturated heterocycles. The molecule has 0 aliphatic rings. The third-order valence-corrected chi connectivity index (χ3v) is 2.64. The number of nitriles is 1. The summed E-state index contributed by atoms with van der Waals surface area (Å²) < 4.78 is 0. The van der Waals surface area contributed by atoms with Crippen molar-refractivity contribution in [2.45, 2.75) is 12.6 Å². The highest BCUT2D eigenvalue weighted by atomic mass is 35.5. The topological polar surface area (TPSA) is 64.5 Å². The van der Waals surface area contributed by atoms with E-state index in [0.717, 1.165) is 11.3 Å². The van der Waals surface area contributed by atoms with Gasteiger partial charge in [0, 0.05) is 11.6 Å². The summed E-state index contributed by atoms with van der Waals surface area (Å²) in [5.74, 6) is 0. The van der Waals surface area contributed by atoms with Crippen molar-refractivity contribution in [2.75, 3.05) is 0 Å². The molecule has 86 valence electrons. The third-order valence-electron chi connectivity index (χ3n) is 2.38. The van der Waals surface area contributed by atoms with Crippen LogP contribution in [0.3, 0.4) is 0 Å². The van der Waals surface area contributed by atoms with Crippen LogP contribution >= 0.6 is 11.6 Å². The molecule has 17 heavy (non-hydrogen) atoms.